The van der Waals surface area contributed by atoms with Crippen LogP contribution < -0.4 is 9.47 Å². The second-order valence-corrected chi connectivity index (χ2v) is 8.09. The number of methoxy groups -OCH3 is 1. The summed E-state index contributed by atoms with van der Waals surface area (Å²) in [5, 5.41) is 0. The predicted octanol–water partition coefficient (Wildman–Crippen LogP) is 5.50. The molecule has 0 radical (unpaired) electrons. The molecule has 0 N–H and O–H groups in total. The molecule has 31 heavy (non-hydrogen) atoms. The van der Waals surface area contributed by atoms with Crippen LogP contribution in [0.5, 0.6) is 11.5 Å². The van der Waals surface area contributed by atoms with Gasteiger partial charge in [-0.1, -0.05) is 80.6 Å². The molecule has 4 heteroatoms. The van der Waals surface area contributed by atoms with Gasteiger partial charge in [0.05, 0.1) is 13.5 Å². The van der Waals surface area contributed by atoms with Gasteiger partial charge in [0, 0.05) is 13.1 Å². The summed E-state index contributed by atoms with van der Waals surface area (Å²) in [5.41, 5.74) is 3.15. The van der Waals surface area contributed by atoms with Crippen molar-refractivity contribution in [2.24, 2.45) is 5.92 Å². The molecular weight excluding hydrogens is 386 g/mol. The predicted molar refractivity (Wildman–Crippen MR) is 124 cm³/mol. The van der Waals surface area contributed by atoms with Gasteiger partial charge in [-0.25, -0.2) is 0 Å². The molecule has 0 heterocycles. The standard InChI is InChI=1S/C27H31NO3/c1-21(2)18-28(27(29)17-22-10-6-4-7-11-22)19-24-14-15-25(26(16-24)30-3)31-20-23-12-8-5-9-13-23/h4-16,21H,17-20H2,1-3H3. The number of ether oxygens (including phenoxy) is 2. The van der Waals surface area contributed by atoms with Crippen molar-refractivity contribution in [3.05, 3.63) is 95.6 Å². The number of hydrogen-bond acceptors (Lipinski definition) is 3. The molecule has 0 bridgehead atoms. The van der Waals surface area contributed by atoms with Crippen LogP contribution in [0.1, 0.15) is 30.5 Å². The van der Waals surface area contributed by atoms with Crippen LogP contribution in [0.3, 0.4) is 0 Å². The maximum absolute atomic E-state index is 13.0. The summed E-state index contributed by atoms with van der Waals surface area (Å²) >= 11 is 0. The summed E-state index contributed by atoms with van der Waals surface area (Å²) in [6.07, 6.45) is 0.406. The first-order valence-corrected chi connectivity index (χ1v) is 10.7. The Morgan fingerprint density at radius 3 is 2.10 bits per heavy atom. The van der Waals surface area contributed by atoms with Crippen LogP contribution in [0.2, 0.25) is 0 Å². The van der Waals surface area contributed by atoms with E-state index in [1.54, 1.807) is 7.11 Å². The van der Waals surface area contributed by atoms with Gasteiger partial charge in [0.15, 0.2) is 11.5 Å². The fourth-order valence-electron chi connectivity index (χ4n) is 3.46. The Bertz CT molecular complexity index is 955. The first kappa shape index (κ1) is 22.4. The van der Waals surface area contributed by atoms with Gasteiger partial charge in [0.2, 0.25) is 5.91 Å². The Balaban J connectivity index is 1.70. The van der Waals surface area contributed by atoms with Gasteiger partial charge in [-0.2, -0.15) is 0 Å². The molecule has 1 amide bonds. The van der Waals surface area contributed by atoms with Crippen molar-refractivity contribution in [1.29, 1.82) is 0 Å². The molecule has 0 aliphatic carbocycles. The maximum atomic E-state index is 13.0. The van der Waals surface area contributed by atoms with E-state index in [-0.39, 0.29) is 5.91 Å². The van der Waals surface area contributed by atoms with E-state index in [4.69, 9.17) is 9.47 Å². The van der Waals surface area contributed by atoms with E-state index in [1.165, 1.54) is 0 Å². The van der Waals surface area contributed by atoms with Crippen LogP contribution in [0.25, 0.3) is 0 Å². The van der Waals surface area contributed by atoms with Crippen molar-refractivity contribution in [2.75, 3.05) is 13.7 Å². The zero-order chi connectivity index (χ0) is 22.1. The minimum Gasteiger partial charge on any atom is -0.493 e. The van der Waals surface area contributed by atoms with Gasteiger partial charge in [-0.05, 0) is 34.7 Å². The topological polar surface area (TPSA) is 38.8 Å². The molecule has 0 aromatic heterocycles. The third-order valence-electron chi connectivity index (χ3n) is 4.98. The van der Waals surface area contributed by atoms with E-state index in [9.17, 15) is 4.79 Å². The molecule has 0 saturated heterocycles. The number of nitrogens with zero attached hydrogens (tertiary/aromatic N) is 1. The van der Waals surface area contributed by atoms with Gasteiger partial charge < -0.3 is 14.4 Å². The number of carbonyl (C=O) groups excluding carboxylic acids is 1. The van der Waals surface area contributed by atoms with Crippen LogP contribution in [0, 0.1) is 5.92 Å². The van der Waals surface area contributed by atoms with Gasteiger partial charge in [0.25, 0.3) is 0 Å². The summed E-state index contributed by atoms with van der Waals surface area (Å²) in [5.74, 6) is 1.88. The van der Waals surface area contributed by atoms with Crippen LogP contribution in [-0.2, 0) is 24.4 Å². The first-order chi connectivity index (χ1) is 15.0. The molecule has 0 spiro atoms. The lowest BCUT2D eigenvalue weighted by molar-refractivity contribution is -0.131. The van der Waals surface area contributed by atoms with E-state index >= 15 is 0 Å². The Morgan fingerprint density at radius 1 is 0.839 bits per heavy atom. The summed E-state index contributed by atoms with van der Waals surface area (Å²) in [6.45, 7) is 5.98. The highest BCUT2D eigenvalue weighted by Gasteiger charge is 2.17. The Labute approximate surface area is 185 Å². The lowest BCUT2D eigenvalue weighted by atomic mass is 10.1. The molecular formula is C27H31NO3. The average molecular weight is 418 g/mol. The summed E-state index contributed by atoms with van der Waals surface area (Å²) in [4.78, 5) is 14.9. The second kappa shape index (κ2) is 11.2. The highest BCUT2D eigenvalue weighted by atomic mass is 16.5. The number of benzene rings is 3. The molecule has 0 aliphatic rings. The number of hydrogen-bond donors (Lipinski definition) is 0. The SMILES string of the molecule is COc1cc(CN(CC(C)C)C(=O)Cc2ccccc2)ccc1OCc1ccccc1. The third kappa shape index (κ3) is 6.88. The number of carbonyl (C=O) groups is 1. The zero-order valence-corrected chi connectivity index (χ0v) is 18.6. The zero-order valence-electron chi connectivity index (χ0n) is 18.6. The highest BCUT2D eigenvalue weighted by Crippen LogP contribution is 2.29. The van der Waals surface area contributed by atoms with E-state index < -0.39 is 0 Å². The molecule has 0 unspecified atom stereocenters. The normalized spacial score (nSPS) is 10.7. The molecule has 0 saturated carbocycles. The quantitative estimate of drug-likeness (QED) is 0.437. The number of amides is 1. The van der Waals surface area contributed by atoms with Crippen molar-refractivity contribution in [1.82, 2.24) is 4.90 Å². The molecule has 3 rings (SSSR count). The van der Waals surface area contributed by atoms with E-state index in [0.717, 1.165) is 16.7 Å². The number of rotatable bonds is 10. The van der Waals surface area contributed by atoms with Crippen LogP contribution >= 0.6 is 0 Å². The van der Waals surface area contributed by atoms with Crippen molar-refractivity contribution < 1.29 is 14.3 Å². The largest absolute Gasteiger partial charge is 0.493 e. The minimum absolute atomic E-state index is 0.128. The van der Waals surface area contributed by atoms with Crippen molar-refractivity contribution in [3.8, 4) is 11.5 Å². The lowest BCUT2D eigenvalue weighted by Gasteiger charge is -2.25. The van der Waals surface area contributed by atoms with Gasteiger partial charge in [-0.3, -0.25) is 4.79 Å². The van der Waals surface area contributed by atoms with Gasteiger partial charge in [0.1, 0.15) is 6.61 Å². The monoisotopic (exact) mass is 417 g/mol. The Morgan fingerprint density at radius 2 is 1.48 bits per heavy atom. The van der Waals surface area contributed by atoms with E-state index in [2.05, 4.69) is 13.8 Å². The van der Waals surface area contributed by atoms with Crippen molar-refractivity contribution >= 4 is 5.91 Å². The maximum Gasteiger partial charge on any atom is 0.227 e. The second-order valence-electron chi connectivity index (χ2n) is 8.09. The van der Waals surface area contributed by atoms with Crippen LogP contribution in [0.4, 0.5) is 0 Å². The van der Waals surface area contributed by atoms with Crippen molar-refractivity contribution in [3.63, 3.8) is 0 Å². The lowest BCUT2D eigenvalue weighted by Crippen LogP contribution is -2.34. The molecule has 0 atom stereocenters. The van der Waals surface area contributed by atoms with Crippen LogP contribution in [-0.4, -0.2) is 24.5 Å². The molecule has 162 valence electrons. The first-order valence-electron chi connectivity index (χ1n) is 10.7. The van der Waals surface area contributed by atoms with E-state index in [0.29, 0.717) is 43.5 Å². The van der Waals surface area contributed by atoms with E-state index in [1.807, 2.05) is 83.8 Å². The fourth-order valence-corrected chi connectivity index (χ4v) is 3.46. The molecule has 0 aliphatic heterocycles. The minimum atomic E-state index is 0.128. The molecule has 3 aromatic rings. The molecule has 4 nitrogen and oxygen atoms in total. The van der Waals surface area contributed by atoms with Gasteiger partial charge >= 0.3 is 0 Å². The van der Waals surface area contributed by atoms with Gasteiger partial charge in [-0.15, -0.1) is 0 Å². The van der Waals surface area contributed by atoms with Crippen LogP contribution in [0.15, 0.2) is 78.9 Å². The fraction of sp³-hybridized carbons (Fsp3) is 0.296. The molecule has 3 aromatic carbocycles. The highest BCUT2D eigenvalue weighted by molar-refractivity contribution is 5.78. The average Bonchev–Trinajstić information content (AvgIpc) is 2.78. The summed E-state index contributed by atoms with van der Waals surface area (Å²) < 4.78 is 11.5. The molecule has 0 fully saturated rings. The third-order valence-corrected chi connectivity index (χ3v) is 4.98. The smallest absolute Gasteiger partial charge is 0.227 e. The Hall–Kier alpha value is -3.27. The summed E-state index contributed by atoms with van der Waals surface area (Å²) in [7, 11) is 1.64. The Kier molecular flexibility index (Phi) is 8.11. The summed E-state index contributed by atoms with van der Waals surface area (Å²) in [6, 6.07) is 25.8. The van der Waals surface area contributed by atoms with Crippen molar-refractivity contribution in [2.45, 2.75) is 33.4 Å².